The summed E-state index contributed by atoms with van der Waals surface area (Å²) in [6.45, 7) is 0.250. The molecule has 1 amide bonds. The van der Waals surface area contributed by atoms with Gasteiger partial charge in [-0.3, -0.25) is 4.79 Å². The van der Waals surface area contributed by atoms with Gasteiger partial charge in [0, 0.05) is 16.9 Å². The van der Waals surface area contributed by atoms with E-state index in [-0.39, 0.29) is 24.1 Å². The molecule has 0 saturated heterocycles. The maximum atomic E-state index is 12.7. The van der Waals surface area contributed by atoms with Crippen LogP contribution in [0.25, 0.3) is 5.69 Å². The van der Waals surface area contributed by atoms with Crippen molar-refractivity contribution in [2.45, 2.75) is 30.1 Å². The smallest absolute Gasteiger partial charge is 0.273 e. The van der Waals surface area contributed by atoms with Crippen LogP contribution in [0, 0.1) is 0 Å². The third-order valence-electron chi connectivity index (χ3n) is 4.93. The van der Waals surface area contributed by atoms with Gasteiger partial charge in [-0.1, -0.05) is 39.3 Å². The van der Waals surface area contributed by atoms with Gasteiger partial charge in [-0.2, -0.15) is 0 Å². The first-order valence-electron chi connectivity index (χ1n) is 9.73. The van der Waals surface area contributed by atoms with E-state index in [1.54, 1.807) is 35.0 Å². The van der Waals surface area contributed by atoms with E-state index < -0.39 is 9.84 Å². The van der Waals surface area contributed by atoms with Gasteiger partial charge in [0.25, 0.3) is 5.91 Å². The summed E-state index contributed by atoms with van der Waals surface area (Å²) in [4.78, 5) is 13.0. The number of rotatable bonds is 8. The van der Waals surface area contributed by atoms with Gasteiger partial charge in [0.15, 0.2) is 15.5 Å². The summed E-state index contributed by atoms with van der Waals surface area (Å²) in [5, 5.41) is 11.1. The van der Waals surface area contributed by atoms with Crippen molar-refractivity contribution in [3.8, 4) is 5.69 Å². The molecule has 0 atom stereocenters. The number of carbonyl (C=O) groups excluding carboxylic acids is 1. The first-order valence-corrected chi connectivity index (χ1v) is 12.2. The highest BCUT2D eigenvalue weighted by atomic mass is 79.9. The first kappa shape index (κ1) is 20.7. The molecule has 7 nitrogen and oxygen atoms in total. The lowest BCUT2D eigenvalue weighted by molar-refractivity contribution is 0.0947. The third-order valence-corrected chi connectivity index (χ3v) is 7.28. The Balaban J connectivity index is 1.41. The fourth-order valence-electron chi connectivity index (χ4n) is 3.24. The van der Waals surface area contributed by atoms with Crippen molar-refractivity contribution in [2.75, 3.05) is 12.3 Å². The molecule has 0 unspecified atom stereocenters. The van der Waals surface area contributed by atoms with Crippen molar-refractivity contribution in [1.29, 1.82) is 0 Å². The van der Waals surface area contributed by atoms with E-state index in [0.717, 1.165) is 28.7 Å². The van der Waals surface area contributed by atoms with Crippen molar-refractivity contribution in [3.63, 3.8) is 0 Å². The molecule has 1 aliphatic carbocycles. The Morgan fingerprint density at radius 3 is 2.47 bits per heavy atom. The van der Waals surface area contributed by atoms with Gasteiger partial charge in [-0.15, -0.1) is 5.10 Å². The second kappa shape index (κ2) is 8.69. The number of aromatic nitrogens is 3. The lowest BCUT2D eigenvalue weighted by atomic mass is 10.2. The van der Waals surface area contributed by atoms with Crippen molar-refractivity contribution in [2.24, 2.45) is 0 Å². The maximum absolute atomic E-state index is 12.7. The Labute approximate surface area is 183 Å². The van der Waals surface area contributed by atoms with Gasteiger partial charge in [0.2, 0.25) is 0 Å². The van der Waals surface area contributed by atoms with Crippen LogP contribution in [0.4, 0.5) is 0 Å². The van der Waals surface area contributed by atoms with Crippen LogP contribution in [0.2, 0.25) is 0 Å². The molecule has 0 radical (unpaired) electrons. The minimum atomic E-state index is -3.36. The van der Waals surface area contributed by atoms with Gasteiger partial charge in [0.05, 0.1) is 22.0 Å². The Kier molecular flexibility index (Phi) is 6.01. The summed E-state index contributed by atoms with van der Waals surface area (Å²) in [7, 11) is -3.36. The summed E-state index contributed by atoms with van der Waals surface area (Å²) < 4.78 is 27.4. The lowest BCUT2D eigenvalue weighted by Crippen LogP contribution is -2.27. The highest BCUT2D eigenvalue weighted by Gasteiger charge is 2.34. The van der Waals surface area contributed by atoms with Gasteiger partial charge in [0.1, 0.15) is 0 Å². The monoisotopic (exact) mass is 488 g/mol. The highest BCUT2D eigenvalue weighted by Crippen LogP contribution is 2.42. The largest absolute Gasteiger partial charge is 0.351 e. The summed E-state index contributed by atoms with van der Waals surface area (Å²) in [6.07, 6.45) is 2.32. The van der Waals surface area contributed by atoms with Crippen molar-refractivity contribution in [3.05, 3.63) is 70.5 Å². The molecular weight excluding hydrogens is 468 g/mol. The van der Waals surface area contributed by atoms with Crippen LogP contribution in [0.5, 0.6) is 0 Å². The molecule has 3 aromatic rings. The zero-order chi connectivity index (χ0) is 21.1. The number of nitrogens with one attached hydrogen (secondary N) is 1. The van der Waals surface area contributed by atoms with Crippen LogP contribution in [-0.2, 0) is 9.84 Å². The predicted molar refractivity (Wildman–Crippen MR) is 116 cm³/mol. The molecule has 1 heterocycles. The fourth-order valence-corrected chi connectivity index (χ4v) is 4.84. The number of benzene rings is 2. The average molecular weight is 489 g/mol. The van der Waals surface area contributed by atoms with E-state index in [4.69, 9.17) is 0 Å². The van der Waals surface area contributed by atoms with Gasteiger partial charge < -0.3 is 5.32 Å². The summed E-state index contributed by atoms with van der Waals surface area (Å²) in [5.41, 5.74) is 1.97. The van der Waals surface area contributed by atoms with Gasteiger partial charge in [-0.25, -0.2) is 13.1 Å². The Hall–Kier alpha value is -2.52. The zero-order valence-electron chi connectivity index (χ0n) is 16.2. The van der Waals surface area contributed by atoms with Crippen LogP contribution in [0.3, 0.4) is 0 Å². The minimum Gasteiger partial charge on any atom is -0.351 e. The SMILES string of the molecule is O=C(NCCCS(=O)(=O)c1ccccc1)c1nnn(-c2ccc(Br)cc2)c1C1CC1. The number of hydrogen-bond acceptors (Lipinski definition) is 5. The molecule has 9 heteroatoms. The normalized spacial score (nSPS) is 13.9. The van der Waals surface area contributed by atoms with Gasteiger partial charge in [-0.05, 0) is 55.7 Å². The third kappa shape index (κ3) is 4.62. The lowest BCUT2D eigenvalue weighted by Gasteiger charge is -2.08. The second-order valence-corrected chi connectivity index (χ2v) is 10.3. The molecule has 156 valence electrons. The molecule has 0 bridgehead atoms. The summed E-state index contributed by atoms with van der Waals surface area (Å²) in [5.74, 6) is -0.0848. The molecular formula is C21H21BrN4O3S. The molecule has 0 spiro atoms. The number of sulfone groups is 1. The van der Waals surface area contributed by atoms with E-state index in [2.05, 4.69) is 31.6 Å². The first-order chi connectivity index (χ1) is 14.5. The molecule has 1 saturated carbocycles. The number of nitrogens with zero attached hydrogens (tertiary/aromatic N) is 3. The minimum absolute atomic E-state index is 0.0294. The second-order valence-electron chi connectivity index (χ2n) is 7.23. The molecule has 0 aliphatic heterocycles. The van der Waals surface area contributed by atoms with Gasteiger partial charge >= 0.3 is 0 Å². The van der Waals surface area contributed by atoms with E-state index in [9.17, 15) is 13.2 Å². The number of amides is 1. The van der Waals surface area contributed by atoms with Crippen molar-refractivity contribution >= 4 is 31.7 Å². The summed E-state index contributed by atoms with van der Waals surface area (Å²) >= 11 is 3.42. The number of hydrogen-bond donors (Lipinski definition) is 1. The topological polar surface area (TPSA) is 93.9 Å². The Morgan fingerprint density at radius 1 is 1.10 bits per heavy atom. The van der Waals surface area contributed by atoms with Crippen LogP contribution < -0.4 is 5.32 Å². The number of halogens is 1. The molecule has 30 heavy (non-hydrogen) atoms. The van der Waals surface area contributed by atoms with Crippen molar-refractivity contribution in [1.82, 2.24) is 20.3 Å². The van der Waals surface area contributed by atoms with E-state index in [0.29, 0.717) is 17.0 Å². The zero-order valence-corrected chi connectivity index (χ0v) is 18.6. The molecule has 4 rings (SSSR count). The van der Waals surface area contributed by atoms with Crippen molar-refractivity contribution < 1.29 is 13.2 Å². The van der Waals surface area contributed by atoms with E-state index in [1.165, 1.54) is 0 Å². The maximum Gasteiger partial charge on any atom is 0.273 e. The van der Waals surface area contributed by atoms with Crippen LogP contribution in [-0.4, -0.2) is 41.6 Å². The average Bonchev–Trinajstić information content (AvgIpc) is 3.50. The Bertz CT molecular complexity index is 1140. The number of carbonyl (C=O) groups is 1. The predicted octanol–water partition coefficient (Wildman–Crippen LogP) is 3.50. The molecule has 1 aliphatic rings. The van der Waals surface area contributed by atoms with Crippen LogP contribution >= 0.6 is 15.9 Å². The van der Waals surface area contributed by atoms with Crippen LogP contribution in [0.15, 0.2) is 64.0 Å². The van der Waals surface area contributed by atoms with Crippen LogP contribution in [0.1, 0.15) is 41.4 Å². The molecule has 2 aromatic carbocycles. The standard InChI is InChI=1S/C21H21BrN4O3S/c22-16-9-11-17(12-10-16)26-20(15-7-8-15)19(24-25-26)21(27)23-13-4-14-30(28,29)18-5-2-1-3-6-18/h1-3,5-6,9-12,15H,4,7-8,13-14H2,(H,23,27). The Morgan fingerprint density at radius 2 is 1.80 bits per heavy atom. The summed E-state index contributed by atoms with van der Waals surface area (Å²) in [6, 6.07) is 16.0. The van der Waals surface area contributed by atoms with E-state index >= 15 is 0 Å². The highest BCUT2D eigenvalue weighted by molar-refractivity contribution is 9.10. The molecule has 1 N–H and O–H groups in total. The fraction of sp³-hybridized carbons (Fsp3) is 0.286. The quantitative estimate of drug-likeness (QED) is 0.489. The molecule has 1 aromatic heterocycles. The molecule has 1 fully saturated rings. The van der Waals surface area contributed by atoms with E-state index in [1.807, 2.05) is 24.3 Å².